The molecule has 110 valence electrons. The molecule has 0 amide bonds. The van der Waals surface area contributed by atoms with Crippen LogP contribution in [-0.2, 0) is 11.3 Å². The number of morpholine rings is 1. The summed E-state index contributed by atoms with van der Waals surface area (Å²) in [6.45, 7) is 4.49. The number of aliphatic imine (C=N–C) groups is 1. The minimum Gasteiger partial charge on any atom is -0.374 e. The summed E-state index contributed by atoms with van der Waals surface area (Å²) in [6.07, 6.45) is 0.206. The Balaban J connectivity index is 1.80. The maximum atomic E-state index is 5.80. The molecule has 1 aliphatic rings. The van der Waals surface area contributed by atoms with Crippen LogP contribution >= 0.6 is 0 Å². The van der Waals surface area contributed by atoms with Crippen molar-refractivity contribution in [3.63, 3.8) is 0 Å². The van der Waals surface area contributed by atoms with E-state index >= 15 is 0 Å². The number of guanidine groups is 1. The molecule has 1 heterocycles. The quantitative estimate of drug-likeness (QED) is 0.627. The van der Waals surface area contributed by atoms with Gasteiger partial charge in [0.05, 0.1) is 12.7 Å². The summed E-state index contributed by atoms with van der Waals surface area (Å²) in [7, 11) is 3.63. The van der Waals surface area contributed by atoms with Crippen LogP contribution in [0.15, 0.2) is 35.3 Å². The molecule has 1 fully saturated rings. The summed E-state index contributed by atoms with van der Waals surface area (Å²) in [5.41, 5.74) is 1.35. The van der Waals surface area contributed by atoms with Gasteiger partial charge in [0.1, 0.15) is 0 Å². The van der Waals surface area contributed by atoms with E-state index in [1.54, 1.807) is 7.05 Å². The molecule has 5 nitrogen and oxygen atoms in total. The predicted octanol–water partition coefficient (Wildman–Crippen LogP) is 0.682. The van der Waals surface area contributed by atoms with Gasteiger partial charge < -0.3 is 15.4 Å². The Morgan fingerprint density at radius 1 is 1.40 bits per heavy atom. The van der Waals surface area contributed by atoms with Gasteiger partial charge in [-0.3, -0.25) is 9.89 Å². The van der Waals surface area contributed by atoms with Crippen LogP contribution in [0.1, 0.15) is 5.56 Å². The third kappa shape index (κ3) is 4.51. The van der Waals surface area contributed by atoms with Crippen molar-refractivity contribution in [1.82, 2.24) is 15.5 Å². The Hall–Kier alpha value is -1.59. The fraction of sp³-hybridized carbons (Fsp3) is 0.533. The van der Waals surface area contributed by atoms with Gasteiger partial charge >= 0.3 is 0 Å². The lowest BCUT2D eigenvalue weighted by atomic mass is 10.2. The van der Waals surface area contributed by atoms with Crippen molar-refractivity contribution in [3.05, 3.63) is 35.9 Å². The first-order valence-electron chi connectivity index (χ1n) is 7.08. The summed E-state index contributed by atoms with van der Waals surface area (Å²) in [6, 6.07) is 10.6. The van der Waals surface area contributed by atoms with Crippen LogP contribution in [0.2, 0.25) is 0 Å². The number of nitrogens with one attached hydrogen (secondary N) is 2. The van der Waals surface area contributed by atoms with Crippen molar-refractivity contribution >= 4 is 5.96 Å². The molecule has 5 heteroatoms. The van der Waals surface area contributed by atoms with Crippen molar-refractivity contribution in [2.24, 2.45) is 4.99 Å². The zero-order valence-corrected chi connectivity index (χ0v) is 12.3. The lowest BCUT2D eigenvalue weighted by molar-refractivity contribution is -0.0281. The zero-order chi connectivity index (χ0) is 14.2. The smallest absolute Gasteiger partial charge is 0.190 e. The van der Waals surface area contributed by atoms with Crippen LogP contribution in [0.5, 0.6) is 0 Å². The second-order valence-electron chi connectivity index (χ2n) is 4.92. The molecular weight excluding hydrogens is 252 g/mol. The molecule has 1 aromatic carbocycles. The topological polar surface area (TPSA) is 48.9 Å². The number of benzene rings is 1. The molecule has 1 atom stereocenters. The summed E-state index contributed by atoms with van der Waals surface area (Å²) in [5, 5.41) is 6.27. The molecule has 0 radical (unpaired) electrons. The highest BCUT2D eigenvalue weighted by molar-refractivity contribution is 5.79. The standard InChI is InChI=1S/C15H24N4O/c1-16-15(17-2)18-10-14-12-19(8-9-20-14)11-13-6-4-3-5-7-13/h3-7,14H,8-12H2,1-2H3,(H2,16,17,18). The van der Waals surface area contributed by atoms with Crippen LogP contribution in [-0.4, -0.2) is 57.3 Å². The van der Waals surface area contributed by atoms with E-state index in [9.17, 15) is 0 Å². The van der Waals surface area contributed by atoms with Gasteiger partial charge in [-0.25, -0.2) is 0 Å². The number of rotatable bonds is 4. The fourth-order valence-corrected chi connectivity index (χ4v) is 2.38. The van der Waals surface area contributed by atoms with E-state index in [-0.39, 0.29) is 6.10 Å². The molecule has 20 heavy (non-hydrogen) atoms. The Labute approximate surface area is 121 Å². The van der Waals surface area contributed by atoms with E-state index in [1.165, 1.54) is 5.56 Å². The molecule has 0 aromatic heterocycles. The lowest BCUT2D eigenvalue weighted by Crippen LogP contribution is -2.48. The van der Waals surface area contributed by atoms with Crippen LogP contribution < -0.4 is 10.6 Å². The first kappa shape index (κ1) is 14.8. The number of nitrogens with zero attached hydrogens (tertiary/aromatic N) is 2. The summed E-state index contributed by atoms with van der Waals surface area (Å²) in [5.74, 6) is 0.800. The molecule has 1 aromatic rings. The highest BCUT2D eigenvalue weighted by atomic mass is 16.5. The van der Waals surface area contributed by atoms with E-state index in [2.05, 4.69) is 50.9 Å². The molecule has 2 N–H and O–H groups in total. The van der Waals surface area contributed by atoms with Gasteiger partial charge in [0.25, 0.3) is 0 Å². The normalized spacial score (nSPS) is 20.7. The van der Waals surface area contributed by atoms with Crippen molar-refractivity contribution in [2.75, 3.05) is 40.3 Å². The highest BCUT2D eigenvalue weighted by Crippen LogP contribution is 2.09. The van der Waals surface area contributed by atoms with Crippen molar-refractivity contribution < 1.29 is 4.74 Å². The molecule has 0 saturated carbocycles. The van der Waals surface area contributed by atoms with E-state index in [4.69, 9.17) is 4.74 Å². The van der Waals surface area contributed by atoms with Crippen LogP contribution in [0.25, 0.3) is 0 Å². The number of hydrogen-bond donors (Lipinski definition) is 2. The first-order valence-corrected chi connectivity index (χ1v) is 7.08. The summed E-state index contributed by atoms with van der Waals surface area (Å²) in [4.78, 5) is 6.54. The Morgan fingerprint density at radius 3 is 2.90 bits per heavy atom. The number of hydrogen-bond acceptors (Lipinski definition) is 3. The highest BCUT2D eigenvalue weighted by Gasteiger charge is 2.20. The van der Waals surface area contributed by atoms with Crippen LogP contribution in [0.4, 0.5) is 0 Å². The molecule has 1 unspecified atom stereocenters. The maximum absolute atomic E-state index is 5.80. The van der Waals surface area contributed by atoms with Gasteiger partial charge in [-0.15, -0.1) is 0 Å². The molecule has 2 rings (SSSR count). The molecular formula is C15H24N4O. The minimum absolute atomic E-state index is 0.206. The van der Waals surface area contributed by atoms with E-state index in [1.807, 2.05) is 7.05 Å². The van der Waals surface area contributed by atoms with E-state index in [0.29, 0.717) is 0 Å². The van der Waals surface area contributed by atoms with Crippen molar-refractivity contribution in [3.8, 4) is 0 Å². The summed E-state index contributed by atoms with van der Waals surface area (Å²) >= 11 is 0. The lowest BCUT2D eigenvalue weighted by Gasteiger charge is -2.33. The Morgan fingerprint density at radius 2 is 2.20 bits per heavy atom. The largest absolute Gasteiger partial charge is 0.374 e. The van der Waals surface area contributed by atoms with E-state index in [0.717, 1.165) is 38.7 Å². The molecule has 0 spiro atoms. The second-order valence-corrected chi connectivity index (χ2v) is 4.92. The van der Waals surface area contributed by atoms with Gasteiger partial charge in [0.15, 0.2) is 5.96 Å². The monoisotopic (exact) mass is 276 g/mol. The second kappa shape index (κ2) is 7.87. The molecule has 1 saturated heterocycles. The Kier molecular flexibility index (Phi) is 5.83. The third-order valence-corrected chi connectivity index (χ3v) is 3.43. The minimum atomic E-state index is 0.206. The maximum Gasteiger partial charge on any atom is 0.190 e. The van der Waals surface area contributed by atoms with Gasteiger partial charge in [0.2, 0.25) is 0 Å². The molecule has 0 aliphatic carbocycles. The molecule has 0 bridgehead atoms. The average Bonchev–Trinajstić information content (AvgIpc) is 2.50. The predicted molar refractivity (Wildman–Crippen MR) is 81.9 cm³/mol. The summed E-state index contributed by atoms with van der Waals surface area (Å²) < 4.78 is 5.80. The van der Waals surface area contributed by atoms with Gasteiger partial charge in [-0.2, -0.15) is 0 Å². The van der Waals surface area contributed by atoms with E-state index < -0.39 is 0 Å². The van der Waals surface area contributed by atoms with Gasteiger partial charge in [-0.05, 0) is 5.56 Å². The zero-order valence-electron chi connectivity index (χ0n) is 12.3. The average molecular weight is 276 g/mol. The number of ether oxygens (including phenoxy) is 1. The Bertz CT molecular complexity index is 421. The first-order chi connectivity index (χ1) is 9.81. The third-order valence-electron chi connectivity index (χ3n) is 3.43. The van der Waals surface area contributed by atoms with Crippen molar-refractivity contribution in [2.45, 2.75) is 12.6 Å². The SMILES string of the molecule is CN=C(NC)NCC1CN(Cc2ccccc2)CCO1. The fourth-order valence-electron chi connectivity index (χ4n) is 2.38. The van der Waals surface area contributed by atoms with Gasteiger partial charge in [0, 0.05) is 40.3 Å². The van der Waals surface area contributed by atoms with Gasteiger partial charge in [-0.1, -0.05) is 30.3 Å². The van der Waals surface area contributed by atoms with Crippen LogP contribution in [0, 0.1) is 0 Å². The van der Waals surface area contributed by atoms with Crippen LogP contribution in [0.3, 0.4) is 0 Å². The van der Waals surface area contributed by atoms with Crippen molar-refractivity contribution in [1.29, 1.82) is 0 Å². The molecule has 1 aliphatic heterocycles.